The molecule has 30 heavy (non-hydrogen) atoms. The van der Waals surface area contributed by atoms with Crippen molar-refractivity contribution < 1.29 is 9.59 Å². The van der Waals surface area contributed by atoms with E-state index in [4.69, 9.17) is 5.10 Å². The molecule has 2 atom stereocenters. The molecule has 5 nitrogen and oxygen atoms in total. The van der Waals surface area contributed by atoms with Crippen molar-refractivity contribution in [3.8, 4) is 0 Å². The summed E-state index contributed by atoms with van der Waals surface area (Å²) < 4.78 is 2.03. The molecule has 1 fully saturated rings. The van der Waals surface area contributed by atoms with Gasteiger partial charge in [0.2, 0.25) is 0 Å². The van der Waals surface area contributed by atoms with Gasteiger partial charge in [0.05, 0.1) is 6.54 Å². The zero-order chi connectivity index (χ0) is 20.9. The molecule has 1 saturated carbocycles. The molecule has 4 rings (SSSR count). The standard InChI is InChI=1S/C25H33N3O2/c1-2-10-23(29)19-13-6-8-15-21(19)26-25(30)24-20-14-7-9-16-22(20)28(27-24)17-18-11-4-3-5-12-18/h3-5,11-12,19,21H,2,6-10,13-17H2,1H3,(H,26,30)/t19-,21-/m1/s1. The average Bonchev–Trinajstić information content (AvgIpc) is 3.14. The molecule has 1 heterocycles. The van der Waals surface area contributed by atoms with Gasteiger partial charge in [-0.15, -0.1) is 0 Å². The van der Waals surface area contributed by atoms with Gasteiger partial charge in [0.1, 0.15) is 5.78 Å². The summed E-state index contributed by atoms with van der Waals surface area (Å²) in [6.45, 7) is 2.73. The van der Waals surface area contributed by atoms with Crippen LogP contribution in [-0.4, -0.2) is 27.5 Å². The molecule has 0 radical (unpaired) electrons. The third-order valence-corrected chi connectivity index (χ3v) is 6.64. The quantitative estimate of drug-likeness (QED) is 0.737. The second kappa shape index (κ2) is 9.59. The second-order valence-corrected chi connectivity index (χ2v) is 8.81. The lowest BCUT2D eigenvalue weighted by Gasteiger charge is -2.31. The topological polar surface area (TPSA) is 64.0 Å². The Labute approximate surface area is 179 Å². The molecular weight excluding hydrogens is 374 g/mol. The molecule has 1 aromatic carbocycles. The highest BCUT2D eigenvalue weighted by Crippen LogP contribution is 2.29. The number of amides is 1. The summed E-state index contributed by atoms with van der Waals surface area (Å²) in [5.74, 6) is 0.171. The Morgan fingerprint density at radius 2 is 1.83 bits per heavy atom. The Morgan fingerprint density at radius 1 is 1.07 bits per heavy atom. The minimum atomic E-state index is -0.0961. The molecule has 160 valence electrons. The molecule has 0 unspecified atom stereocenters. The predicted molar refractivity (Wildman–Crippen MR) is 118 cm³/mol. The predicted octanol–water partition coefficient (Wildman–Crippen LogP) is 4.47. The zero-order valence-electron chi connectivity index (χ0n) is 18.0. The van der Waals surface area contributed by atoms with Crippen LogP contribution >= 0.6 is 0 Å². The van der Waals surface area contributed by atoms with Crippen LogP contribution in [0.4, 0.5) is 0 Å². The maximum Gasteiger partial charge on any atom is 0.272 e. The smallest absolute Gasteiger partial charge is 0.272 e. The second-order valence-electron chi connectivity index (χ2n) is 8.81. The zero-order valence-corrected chi connectivity index (χ0v) is 18.0. The first-order valence-corrected chi connectivity index (χ1v) is 11.6. The van der Waals surface area contributed by atoms with Crippen LogP contribution < -0.4 is 5.32 Å². The molecular formula is C25H33N3O2. The Bertz CT molecular complexity index is 887. The number of aromatic nitrogens is 2. The highest BCUT2D eigenvalue weighted by Gasteiger charge is 2.33. The lowest BCUT2D eigenvalue weighted by molar-refractivity contribution is -0.124. The van der Waals surface area contributed by atoms with Gasteiger partial charge in [0, 0.05) is 29.6 Å². The Balaban J connectivity index is 1.55. The summed E-state index contributed by atoms with van der Waals surface area (Å²) in [6.07, 6.45) is 9.54. The number of nitrogens with zero attached hydrogens (tertiary/aromatic N) is 2. The average molecular weight is 408 g/mol. The first kappa shape index (κ1) is 20.8. The summed E-state index contributed by atoms with van der Waals surface area (Å²) in [7, 11) is 0. The molecule has 2 aliphatic rings. The third kappa shape index (κ3) is 4.50. The van der Waals surface area contributed by atoms with Crippen molar-refractivity contribution in [3.05, 3.63) is 52.8 Å². The number of benzene rings is 1. The van der Waals surface area contributed by atoms with Crippen LogP contribution in [0.2, 0.25) is 0 Å². The van der Waals surface area contributed by atoms with E-state index in [2.05, 4.69) is 17.4 Å². The van der Waals surface area contributed by atoms with Gasteiger partial charge in [-0.05, 0) is 50.5 Å². The molecule has 0 saturated heterocycles. The van der Waals surface area contributed by atoms with Crippen LogP contribution in [0.3, 0.4) is 0 Å². The van der Waals surface area contributed by atoms with Gasteiger partial charge in [-0.1, -0.05) is 50.1 Å². The molecule has 1 aromatic heterocycles. The fourth-order valence-corrected chi connectivity index (χ4v) is 5.10. The monoisotopic (exact) mass is 407 g/mol. The number of carbonyl (C=O) groups excluding carboxylic acids is 2. The van der Waals surface area contributed by atoms with Gasteiger partial charge in [-0.2, -0.15) is 5.10 Å². The van der Waals surface area contributed by atoms with Crippen molar-refractivity contribution in [1.82, 2.24) is 15.1 Å². The van der Waals surface area contributed by atoms with E-state index in [1.807, 2.05) is 29.8 Å². The maximum atomic E-state index is 13.3. The highest BCUT2D eigenvalue weighted by molar-refractivity contribution is 5.95. The molecule has 1 N–H and O–H groups in total. The van der Waals surface area contributed by atoms with Gasteiger partial charge < -0.3 is 5.32 Å². The SMILES string of the molecule is CCCC(=O)[C@@H]1CCCC[C@H]1NC(=O)c1nn(Cc2ccccc2)c2c1CCCC2. The van der Waals surface area contributed by atoms with E-state index in [1.165, 1.54) is 11.3 Å². The molecule has 2 aliphatic carbocycles. The first-order chi connectivity index (χ1) is 14.7. The molecule has 1 amide bonds. The van der Waals surface area contributed by atoms with Crippen LogP contribution in [0, 0.1) is 5.92 Å². The largest absolute Gasteiger partial charge is 0.347 e. The minimum Gasteiger partial charge on any atom is -0.347 e. The lowest BCUT2D eigenvalue weighted by Crippen LogP contribution is -2.45. The molecule has 5 heteroatoms. The summed E-state index contributed by atoms with van der Waals surface area (Å²) in [6, 6.07) is 10.2. The van der Waals surface area contributed by atoms with Crippen molar-refractivity contribution in [2.45, 2.75) is 83.7 Å². The van der Waals surface area contributed by atoms with Crippen molar-refractivity contribution in [2.75, 3.05) is 0 Å². The summed E-state index contributed by atoms with van der Waals surface area (Å²) in [5.41, 5.74) is 4.09. The highest BCUT2D eigenvalue weighted by atomic mass is 16.2. The van der Waals surface area contributed by atoms with E-state index < -0.39 is 0 Å². The fraction of sp³-hybridized carbons (Fsp3) is 0.560. The Hall–Kier alpha value is -2.43. The van der Waals surface area contributed by atoms with Crippen LogP contribution in [0.15, 0.2) is 30.3 Å². The van der Waals surface area contributed by atoms with Crippen molar-refractivity contribution in [3.63, 3.8) is 0 Å². The van der Waals surface area contributed by atoms with E-state index >= 15 is 0 Å². The molecule has 0 bridgehead atoms. The lowest BCUT2D eigenvalue weighted by atomic mass is 9.80. The van der Waals surface area contributed by atoms with Crippen LogP contribution in [0.25, 0.3) is 0 Å². The number of hydrogen-bond acceptors (Lipinski definition) is 3. The van der Waals surface area contributed by atoms with E-state index in [0.717, 1.165) is 63.4 Å². The van der Waals surface area contributed by atoms with Crippen LogP contribution in [0.1, 0.15) is 85.6 Å². The summed E-state index contributed by atoms with van der Waals surface area (Å²) >= 11 is 0. The van der Waals surface area contributed by atoms with E-state index in [-0.39, 0.29) is 17.9 Å². The van der Waals surface area contributed by atoms with Crippen LogP contribution in [0.5, 0.6) is 0 Å². The Morgan fingerprint density at radius 3 is 2.63 bits per heavy atom. The number of Topliss-reactive ketones (excluding diaryl/α,β-unsaturated/α-hetero) is 1. The van der Waals surface area contributed by atoms with Gasteiger partial charge in [0.25, 0.3) is 5.91 Å². The molecule has 0 aliphatic heterocycles. The van der Waals surface area contributed by atoms with Gasteiger partial charge in [-0.25, -0.2) is 0 Å². The van der Waals surface area contributed by atoms with E-state index in [1.54, 1.807) is 0 Å². The van der Waals surface area contributed by atoms with E-state index in [9.17, 15) is 9.59 Å². The number of hydrogen-bond donors (Lipinski definition) is 1. The fourth-order valence-electron chi connectivity index (χ4n) is 5.10. The first-order valence-electron chi connectivity index (χ1n) is 11.6. The number of nitrogens with one attached hydrogen (secondary N) is 1. The number of ketones is 1. The maximum absolute atomic E-state index is 13.3. The summed E-state index contributed by atoms with van der Waals surface area (Å²) in [5, 5.41) is 7.99. The Kier molecular flexibility index (Phi) is 6.66. The van der Waals surface area contributed by atoms with E-state index in [0.29, 0.717) is 24.4 Å². The summed E-state index contributed by atoms with van der Waals surface area (Å²) in [4.78, 5) is 25.9. The van der Waals surface area contributed by atoms with Gasteiger partial charge in [0.15, 0.2) is 5.69 Å². The van der Waals surface area contributed by atoms with Crippen LogP contribution in [-0.2, 0) is 24.2 Å². The number of rotatable bonds is 7. The van der Waals surface area contributed by atoms with Gasteiger partial charge in [-0.3, -0.25) is 14.3 Å². The van der Waals surface area contributed by atoms with Crippen molar-refractivity contribution >= 4 is 11.7 Å². The third-order valence-electron chi connectivity index (χ3n) is 6.64. The van der Waals surface area contributed by atoms with Crippen molar-refractivity contribution in [2.24, 2.45) is 5.92 Å². The minimum absolute atomic E-state index is 0.0371. The van der Waals surface area contributed by atoms with Crippen molar-refractivity contribution in [1.29, 1.82) is 0 Å². The number of carbonyl (C=O) groups is 2. The number of fused-ring (bicyclic) bond motifs is 1. The van der Waals surface area contributed by atoms with Gasteiger partial charge >= 0.3 is 0 Å². The molecule has 2 aromatic rings. The molecule has 0 spiro atoms. The normalized spacial score (nSPS) is 21.1.